The van der Waals surface area contributed by atoms with E-state index >= 15 is 0 Å². The molecule has 2 unspecified atom stereocenters. The van der Waals surface area contributed by atoms with Gasteiger partial charge in [-0.2, -0.15) is 0 Å². The molecule has 0 aromatic carbocycles. The molecule has 392 valence electrons. The summed E-state index contributed by atoms with van der Waals surface area (Å²) in [6.45, 7) is 5.31. The molecule has 0 amide bonds. The molecule has 0 aromatic rings. The van der Waals surface area contributed by atoms with E-state index in [0.29, 0.717) is 24.1 Å². The van der Waals surface area contributed by atoms with Gasteiger partial charge in [0.25, 0.3) is 7.82 Å². The molecule has 0 saturated heterocycles. The summed E-state index contributed by atoms with van der Waals surface area (Å²) >= 11 is 0. The fraction of sp³-hybridized carbons (Fsp3) is 0.810. The van der Waals surface area contributed by atoms with Crippen LogP contribution >= 0.6 is 7.82 Å². The van der Waals surface area contributed by atoms with Crippen LogP contribution in [-0.2, 0) is 27.9 Å². The van der Waals surface area contributed by atoms with Crippen molar-refractivity contribution >= 4 is 13.8 Å². The highest BCUT2D eigenvalue weighted by molar-refractivity contribution is 7.45. The minimum Gasteiger partial charge on any atom is -0.756 e. The molecule has 2 atom stereocenters. The normalized spacial score (nSPS) is 13.9. The van der Waals surface area contributed by atoms with E-state index in [9.17, 15) is 14.3 Å². The Balaban J connectivity index is 4.10. The predicted molar refractivity (Wildman–Crippen MR) is 286 cm³/mol. The third-order valence-electron chi connectivity index (χ3n) is 12.1. The van der Waals surface area contributed by atoms with Crippen molar-refractivity contribution < 1.29 is 37.3 Å². The molecule has 9 heteroatoms. The van der Waals surface area contributed by atoms with E-state index in [1.807, 2.05) is 21.1 Å². The topological polar surface area (TPSA) is 94.1 Å². The van der Waals surface area contributed by atoms with E-state index in [0.717, 1.165) is 57.8 Å². The van der Waals surface area contributed by atoms with Crippen molar-refractivity contribution in [3.63, 3.8) is 0 Å². The highest BCUT2D eigenvalue weighted by Crippen LogP contribution is 2.38. The third-order valence-corrected chi connectivity index (χ3v) is 13.0. The summed E-state index contributed by atoms with van der Waals surface area (Å²) < 4.78 is 34.8. The predicted octanol–water partition coefficient (Wildman–Crippen LogP) is 17.0. The van der Waals surface area contributed by atoms with Crippen molar-refractivity contribution in [2.75, 3.05) is 54.1 Å². The van der Waals surface area contributed by atoms with Gasteiger partial charge >= 0.3 is 5.97 Å². The fourth-order valence-corrected chi connectivity index (χ4v) is 8.50. The van der Waals surface area contributed by atoms with Gasteiger partial charge in [0, 0.05) is 13.0 Å². The maximum Gasteiger partial charge on any atom is 0.306 e. The van der Waals surface area contributed by atoms with Crippen molar-refractivity contribution in [1.82, 2.24) is 0 Å². The lowest BCUT2D eigenvalue weighted by Crippen LogP contribution is -2.37. The van der Waals surface area contributed by atoms with Gasteiger partial charge in [-0.3, -0.25) is 9.36 Å². The zero-order chi connectivity index (χ0) is 49.0. The first-order valence-corrected chi connectivity index (χ1v) is 29.5. The Morgan fingerprint density at radius 2 is 0.866 bits per heavy atom. The molecule has 0 spiro atoms. The maximum absolute atomic E-state index is 12.8. The van der Waals surface area contributed by atoms with E-state index in [1.165, 1.54) is 167 Å². The van der Waals surface area contributed by atoms with Crippen molar-refractivity contribution in [3.8, 4) is 0 Å². The minimum absolute atomic E-state index is 0.0233. The van der Waals surface area contributed by atoms with Crippen LogP contribution in [0.4, 0.5) is 0 Å². The number of esters is 1. The second-order valence-electron chi connectivity index (χ2n) is 19.9. The number of hydrogen-bond acceptors (Lipinski definition) is 7. The summed E-state index contributed by atoms with van der Waals surface area (Å²) in [5.41, 5.74) is 0. The van der Waals surface area contributed by atoms with E-state index in [-0.39, 0.29) is 25.8 Å². The number of allylic oxidation sites excluding steroid dienone is 10. The minimum atomic E-state index is -4.54. The highest BCUT2D eigenvalue weighted by atomic mass is 31.2. The van der Waals surface area contributed by atoms with Crippen LogP contribution in [0.15, 0.2) is 60.8 Å². The second-order valence-corrected chi connectivity index (χ2v) is 21.3. The van der Waals surface area contributed by atoms with Gasteiger partial charge in [-0.25, -0.2) is 0 Å². The van der Waals surface area contributed by atoms with Gasteiger partial charge in [0.05, 0.1) is 34.4 Å². The van der Waals surface area contributed by atoms with Gasteiger partial charge < -0.3 is 27.9 Å². The number of unbranched alkanes of at least 4 members (excludes halogenated alkanes) is 28. The van der Waals surface area contributed by atoms with Crippen LogP contribution in [0.5, 0.6) is 0 Å². The molecule has 0 N–H and O–H groups in total. The van der Waals surface area contributed by atoms with Crippen LogP contribution in [0.1, 0.15) is 245 Å². The van der Waals surface area contributed by atoms with Crippen LogP contribution in [0.2, 0.25) is 0 Å². The first-order chi connectivity index (χ1) is 32.6. The molecule has 0 aromatic heterocycles. The van der Waals surface area contributed by atoms with Crippen molar-refractivity contribution in [2.24, 2.45) is 0 Å². The smallest absolute Gasteiger partial charge is 0.306 e. The van der Waals surface area contributed by atoms with Gasteiger partial charge in [-0.15, -0.1) is 0 Å². The Morgan fingerprint density at radius 3 is 1.31 bits per heavy atom. The number of carbonyl (C=O) groups is 1. The lowest BCUT2D eigenvalue weighted by atomic mass is 10.0. The number of ether oxygens (including phenoxy) is 2. The lowest BCUT2D eigenvalue weighted by molar-refractivity contribution is -0.870. The average Bonchev–Trinajstić information content (AvgIpc) is 3.29. The summed E-state index contributed by atoms with van der Waals surface area (Å²) in [5, 5.41) is 0. The summed E-state index contributed by atoms with van der Waals surface area (Å²) in [6, 6.07) is 0. The lowest BCUT2D eigenvalue weighted by Gasteiger charge is -2.28. The Morgan fingerprint density at radius 1 is 0.478 bits per heavy atom. The number of nitrogens with zero attached hydrogens (tertiary/aromatic N) is 1. The van der Waals surface area contributed by atoms with Crippen LogP contribution < -0.4 is 4.89 Å². The molecule has 67 heavy (non-hydrogen) atoms. The van der Waals surface area contributed by atoms with Gasteiger partial charge in [0.2, 0.25) is 0 Å². The molecule has 0 aliphatic heterocycles. The average molecular weight is 962 g/mol. The summed E-state index contributed by atoms with van der Waals surface area (Å²) in [6.07, 6.45) is 65.4. The van der Waals surface area contributed by atoms with Gasteiger partial charge in [-0.05, 0) is 77.0 Å². The van der Waals surface area contributed by atoms with E-state index in [1.54, 1.807) is 0 Å². The number of rotatable bonds is 52. The van der Waals surface area contributed by atoms with Crippen molar-refractivity contribution in [2.45, 2.75) is 251 Å². The molecule has 0 radical (unpaired) electrons. The molecule has 8 nitrogen and oxygen atoms in total. The van der Waals surface area contributed by atoms with Crippen LogP contribution in [0, 0.1) is 0 Å². The monoisotopic (exact) mass is 962 g/mol. The fourth-order valence-electron chi connectivity index (χ4n) is 7.77. The zero-order valence-electron chi connectivity index (χ0n) is 44.6. The molecular formula is C58H108NO7P. The Kier molecular flexibility index (Phi) is 49.2. The molecule has 0 bridgehead atoms. The Bertz CT molecular complexity index is 1260. The molecular weight excluding hydrogens is 854 g/mol. The quantitative estimate of drug-likeness (QED) is 0.0197. The van der Waals surface area contributed by atoms with Gasteiger partial charge in [0.1, 0.15) is 19.3 Å². The third kappa shape index (κ3) is 55.0. The number of quaternary nitrogens is 1. The molecule has 0 heterocycles. The molecule has 0 aliphatic carbocycles. The Hall–Kier alpha value is -1.80. The van der Waals surface area contributed by atoms with E-state index < -0.39 is 13.9 Å². The number of phosphoric ester groups is 1. The zero-order valence-corrected chi connectivity index (χ0v) is 45.5. The number of likely N-dealkylation sites (N-methyl/N-ethyl adjacent to an activating group) is 1. The summed E-state index contributed by atoms with van der Waals surface area (Å²) in [7, 11) is 1.35. The first kappa shape index (κ1) is 65.2. The van der Waals surface area contributed by atoms with Gasteiger partial charge in [-0.1, -0.05) is 222 Å². The van der Waals surface area contributed by atoms with Crippen LogP contribution in [-0.4, -0.2) is 70.7 Å². The SMILES string of the molecule is CC/C=C\C/C=C\C/C=C\C/C=C\CCCCCCCCCCCOCC(COP(=O)([O-])OCC[N+](C)(C)C)OC(=O)CCCCCCCCCCCCC/C=C\CCCCCCCCCC. The molecule has 0 aliphatic rings. The summed E-state index contributed by atoms with van der Waals surface area (Å²) in [4.78, 5) is 25.2. The number of phosphoric acid groups is 1. The first-order valence-electron chi connectivity index (χ1n) is 28.0. The highest BCUT2D eigenvalue weighted by Gasteiger charge is 2.20. The number of hydrogen-bond donors (Lipinski definition) is 0. The largest absolute Gasteiger partial charge is 0.756 e. The van der Waals surface area contributed by atoms with Crippen LogP contribution in [0.25, 0.3) is 0 Å². The van der Waals surface area contributed by atoms with Crippen LogP contribution in [0.3, 0.4) is 0 Å². The van der Waals surface area contributed by atoms with E-state index in [2.05, 4.69) is 74.6 Å². The van der Waals surface area contributed by atoms with E-state index in [4.69, 9.17) is 18.5 Å². The molecule has 0 saturated carbocycles. The van der Waals surface area contributed by atoms with Crippen molar-refractivity contribution in [1.29, 1.82) is 0 Å². The summed E-state index contributed by atoms with van der Waals surface area (Å²) in [5.74, 6) is -0.336. The second kappa shape index (κ2) is 50.6. The maximum atomic E-state index is 12.8. The number of carbonyl (C=O) groups excluding carboxylic acids is 1. The van der Waals surface area contributed by atoms with Crippen molar-refractivity contribution in [3.05, 3.63) is 60.8 Å². The van der Waals surface area contributed by atoms with Gasteiger partial charge in [0.15, 0.2) is 0 Å². The molecule has 0 rings (SSSR count). The standard InChI is InChI=1S/C58H108NO7P/c1-6-8-10-12-14-16-18-20-22-24-26-28-30-31-33-35-37-39-41-43-45-47-49-51-58(60)66-57(56-65-67(61,62)64-54-52-59(3,4)5)55-63-53-50-48-46-44-42-40-38-36-34-32-29-27-25-23-21-19-17-15-13-11-9-7-2/h9,11,15,17,21,23-24,26-27,29,57H,6-8,10,12-14,16,18-20,22,25,28,30-56H2,1-5H3/b11-9-,17-15-,23-21-,26-24-,29-27-. The Labute approximate surface area is 415 Å². The molecule has 0 fully saturated rings.